The van der Waals surface area contributed by atoms with Crippen molar-refractivity contribution in [3.63, 3.8) is 0 Å². The van der Waals surface area contributed by atoms with E-state index in [1.54, 1.807) is 19.1 Å². The maximum absolute atomic E-state index is 11.3. The van der Waals surface area contributed by atoms with Crippen LogP contribution in [0.25, 0.3) is 0 Å². The Hall–Kier alpha value is -1.96. The fraction of sp³-hybridized carbons (Fsp3) is 0.333. The fourth-order valence-corrected chi connectivity index (χ4v) is 0.901. The minimum absolute atomic E-state index is 0.174. The number of nitriles is 1. The van der Waals surface area contributed by atoms with E-state index in [2.05, 4.69) is 9.97 Å². The second kappa shape index (κ2) is 4.92. The number of aromatic nitrogens is 2. The van der Waals surface area contributed by atoms with Crippen LogP contribution in [0, 0.1) is 11.3 Å². The zero-order valence-electron chi connectivity index (χ0n) is 7.67. The summed E-state index contributed by atoms with van der Waals surface area (Å²) in [6.45, 7) is 1.92. The largest absolute Gasteiger partial charge is 0.465 e. The SMILES string of the molecule is CCOC(=O)[C@H](C#N)c1ncccn1. The molecule has 14 heavy (non-hydrogen) atoms. The van der Waals surface area contributed by atoms with Gasteiger partial charge in [-0.15, -0.1) is 0 Å². The lowest BCUT2D eigenvalue weighted by atomic mass is 10.1. The van der Waals surface area contributed by atoms with Gasteiger partial charge in [0.2, 0.25) is 5.92 Å². The Morgan fingerprint density at radius 2 is 2.29 bits per heavy atom. The highest BCUT2D eigenvalue weighted by Gasteiger charge is 2.23. The van der Waals surface area contributed by atoms with Gasteiger partial charge in [-0.05, 0) is 13.0 Å². The number of carbonyl (C=O) groups excluding carboxylic acids is 1. The number of nitrogens with zero attached hydrogens (tertiary/aromatic N) is 3. The van der Waals surface area contributed by atoms with Crippen molar-refractivity contribution < 1.29 is 9.53 Å². The maximum Gasteiger partial charge on any atom is 0.331 e. The number of ether oxygens (including phenoxy) is 1. The maximum atomic E-state index is 11.3. The summed E-state index contributed by atoms with van der Waals surface area (Å²) in [5.41, 5.74) is 0. The fourth-order valence-electron chi connectivity index (χ4n) is 0.901. The van der Waals surface area contributed by atoms with E-state index < -0.39 is 11.9 Å². The van der Waals surface area contributed by atoms with Crippen LogP contribution in [-0.2, 0) is 9.53 Å². The van der Waals surface area contributed by atoms with Crippen molar-refractivity contribution in [2.75, 3.05) is 6.61 Å². The molecule has 0 aromatic carbocycles. The second-order valence-corrected chi connectivity index (χ2v) is 2.42. The molecule has 0 N–H and O–H groups in total. The van der Waals surface area contributed by atoms with Gasteiger partial charge in [0.25, 0.3) is 0 Å². The number of carbonyl (C=O) groups is 1. The Morgan fingerprint density at radius 3 is 2.79 bits per heavy atom. The molecule has 5 heteroatoms. The molecule has 0 aliphatic rings. The zero-order valence-corrected chi connectivity index (χ0v) is 7.67. The molecule has 0 amide bonds. The highest BCUT2D eigenvalue weighted by molar-refractivity contribution is 5.80. The third-order valence-corrected chi connectivity index (χ3v) is 1.50. The standard InChI is InChI=1S/C9H9N3O2/c1-2-14-9(13)7(6-10)8-11-4-3-5-12-8/h3-5,7H,2H2,1H3/t7-/m1/s1. The average Bonchev–Trinajstić information content (AvgIpc) is 2.21. The third-order valence-electron chi connectivity index (χ3n) is 1.50. The van der Waals surface area contributed by atoms with Gasteiger partial charge >= 0.3 is 5.97 Å². The molecule has 1 heterocycles. The predicted octanol–water partition coefficient (Wildman–Crippen LogP) is 0.647. The summed E-state index contributed by atoms with van der Waals surface area (Å²) in [5, 5.41) is 8.75. The molecule has 1 aromatic rings. The predicted molar refractivity (Wildman–Crippen MR) is 47.0 cm³/mol. The monoisotopic (exact) mass is 191 g/mol. The lowest BCUT2D eigenvalue weighted by Gasteiger charge is -2.05. The van der Waals surface area contributed by atoms with Crippen molar-refractivity contribution in [2.45, 2.75) is 12.8 Å². The molecule has 0 fully saturated rings. The normalized spacial score (nSPS) is 11.4. The van der Waals surface area contributed by atoms with Crippen LogP contribution >= 0.6 is 0 Å². The summed E-state index contributed by atoms with van der Waals surface area (Å²) in [4.78, 5) is 18.9. The van der Waals surface area contributed by atoms with Crippen molar-refractivity contribution in [1.82, 2.24) is 9.97 Å². The zero-order chi connectivity index (χ0) is 10.4. The molecule has 1 aromatic heterocycles. The topological polar surface area (TPSA) is 75.9 Å². The minimum Gasteiger partial charge on any atom is -0.465 e. The van der Waals surface area contributed by atoms with Crippen LogP contribution in [0.15, 0.2) is 18.5 Å². The molecule has 0 aliphatic heterocycles. The van der Waals surface area contributed by atoms with Gasteiger partial charge in [0.15, 0.2) is 5.82 Å². The second-order valence-electron chi connectivity index (χ2n) is 2.42. The molecule has 1 atom stereocenters. The molecule has 1 rings (SSSR count). The van der Waals surface area contributed by atoms with E-state index in [9.17, 15) is 4.79 Å². The van der Waals surface area contributed by atoms with Crippen LogP contribution in [0.4, 0.5) is 0 Å². The van der Waals surface area contributed by atoms with Gasteiger partial charge in [-0.2, -0.15) is 5.26 Å². The van der Waals surface area contributed by atoms with Gasteiger partial charge in [-0.3, -0.25) is 4.79 Å². The van der Waals surface area contributed by atoms with Crippen LogP contribution < -0.4 is 0 Å². The van der Waals surface area contributed by atoms with Crippen molar-refractivity contribution in [1.29, 1.82) is 5.26 Å². The van der Waals surface area contributed by atoms with Crippen LogP contribution in [0.3, 0.4) is 0 Å². The van der Waals surface area contributed by atoms with E-state index in [4.69, 9.17) is 10.00 Å². The van der Waals surface area contributed by atoms with Crippen molar-refractivity contribution in [3.8, 4) is 6.07 Å². The van der Waals surface area contributed by atoms with Gasteiger partial charge in [0, 0.05) is 12.4 Å². The molecule has 0 radical (unpaired) electrons. The van der Waals surface area contributed by atoms with Gasteiger partial charge in [0.05, 0.1) is 12.7 Å². The minimum atomic E-state index is -1.03. The first kappa shape index (κ1) is 10.1. The highest BCUT2D eigenvalue weighted by atomic mass is 16.5. The number of hydrogen-bond acceptors (Lipinski definition) is 5. The third kappa shape index (κ3) is 2.26. The quantitative estimate of drug-likeness (QED) is 0.655. The van der Waals surface area contributed by atoms with E-state index in [0.29, 0.717) is 0 Å². The van der Waals surface area contributed by atoms with Crippen LogP contribution in [0.1, 0.15) is 18.7 Å². The Labute approximate surface area is 81.4 Å². The Kier molecular flexibility index (Phi) is 3.56. The molecule has 0 unspecified atom stereocenters. The van der Waals surface area contributed by atoms with Crippen molar-refractivity contribution in [3.05, 3.63) is 24.3 Å². The van der Waals surface area contributed by atoms with E-state index in [1.165, 1.54) is 12.4 Å². The summed E-state index contributed by atoms with van der Waals surface area (Å²) in [5.74, 6) is -1.47. The van der Waals surface area contributed by atoms with Crippen molar-refractivity contribution >= 4 is 5.97 Å². The molecule has 0 spiro atoms. The molecule has 0 saturated carbocycles. The number of hydrogen-bond donors (Lipinski definition) is 0. The first-order valence-corrected chi connectivity index (χ1v) is 4.12. The number of esters is 1. The van der Waals surface area contributed by atoms with Crippen LogP contribution in [0.5, 0.6) is 0 Å². The van der Waals surface area contributed by atoms with E-state index in [0.717, 1.165) is 0 Å². The highest BCUT2D eigenvalue weighted by Crippen LogP contribution is 2.10. The van der Waals surface area contributed by atoms with Gasteiger partial charge in [0.1, 0.15) is 0 Å². The first-order valence-electron chi connectivity index (χ1n) is 4.12. The molecule has 5 nitrogen and oxygen atoms in total. The summed E-state index contributed by atoms with van der Waals surface area (Å²) in [6.07, 6.45) is 2.96. The lowest BCUT2D eigenvalue weighted by molar-refractivity contribution is -0.143. The average molecular weight is 191 g/mol. The van der Waals surface area contributed by atoms with Crippen molar-refractivity contribution in [2.24, 2.45) is 0 Å². The lowest BCUT2D eigenvalue weighted by Crippen LogP contribution is -2.16. The van der Waals surface area contributed by atoms with Gasteiger partial charge < -0.3 is 4.74 Å². The smallest absolute Gasteiger partial charge is 0.331 e. The molecule has 0 aliphatic carbocycles. The summed E-state index contributed by atoms with van der Waals surface area (Å²) in [6, 6.07) is 3.42. The Balaban J connectivity index is 2.84. The first-order chi connectivity index (χ1) is 6.79. The van der Waals surface area contributed by atoms with E-state index in [-0.39, 0.29) is 12.4 Å². The van der Waals surface area contributed by atoms with Gasteiger partial charge in [-0.25, -0.2) is 9.97 Å². The molecular weight excluding hydrogens is 182 g/mol. The van der Waals surface area contributed by atoms with Crippen LogP contribution in [0.2, 0.25) is 0 Å². The van der Waals surface area contributed by atoms with Gasteiger partial charge in [-0.1, -0.05) is 0 Å². The van der Waals surface area contributed by atoms with E-state index in [1.807, 2.05) is 0 Å². The molecule has 0 bridgehead atoms. The Morgan fingerprint density at radius 1 is 1.64 bits per heavy atom. The summed E-state index contributed by atoms with van der Waals surface area (Å²) < 4.78 is 4.71. The molecular formula is C9H9N3O2. The Bertz CT molecular complexity index is 345. The molecule has 72 valence electrons. The van der Waals surface area contributed by atoms with E-state index >= 15 is 0 Å². The molecule has 0 saturated heterocycles. The van der Waals surface area contributed by atoms with Crippen LogP contribution in [-0.4, -0.2) is 22.5 Å². The summed E-state index contributed by atoms with van der Waals surface area (Å²) in [7, 11) is 0. The number of rotatable bonds is 3. The summed E-state index contributed by atoms with van der Waals surface area (Å²) >= 11 is 0.